The maximum absolute atomic E-state index is 13.3. The fourth-order valence-electron chi connectivity index (χ4n) is 7.48. The van der Waals surface area contributed by atoms with Gasteiger partial charge in [-0.25, -0.2) is 0 Å². The van der Waals surface area contributed by atoms with Gasteiger partial charge in [0.25, 0.3) is 0 Å². The average Bonchev–Trinajstić information content (AvgIpc) is 3.01. The summed E-state index contributed by atoms with van der Waals surface area (Å²) in [7, 11) is 1.41. The highest BCUT2D eigenvalue weighted by atomic mass is 16.5. The molecule has 0 radical (unpaired) electrons. The third-order valence-corrected chi connectivity index (χ3v) is 9.84. The van der Waals surface area contributed by atoms with Gasteiger partial charge in [0.15, 0.2) is 5.78 Å². The van der Waals surface area contributed by atoms with Crippen molar-refractivity contribution >= 4 is 29.1 Å². The third kappa shape index (κ3) is 8.76. The summed E-state index contributed by atoms with van der Waals surface area (Å²) in [6.45, 7) is 0.693. The molecule has 46 heavy (non-hydrogen) atoms. The van der Waals surface area contributed by atoms with Gasteiger partial charge in [-0.05, 0) is 97.9 Å². The van der Waals surface area contributed by atoms with Gasteiger partial charge in [0.05, 0.1) is 31.6 Å². The molecular weight excluding hydrogens is 588 g/mol. The van der Waals surface area contributed by atoms with Gasteiger partial charge in [0.2, 0.25) is 0 Å². The van der Waals surface area contributed by atoms with E-state index >= 15 is 0 Å². The average molecular weight is 635 g/mol. The lowest BCUT2D eigenvalue weighted by molar-refractivity contribution is -0.146. The van der Waals surface area contributed by atoms with E-state index in [0.29, 0.717) is 36.8 Å². The molecule has 1 fully saturated rings. The minimum atomic E-state index is -0.804. The number of hydrogen-bond acceptors (Lipinski definition) is 9. The number of benzene rings is 2. The molecule has 0 aromatic heterocycles. The van der Waals surface area contributed by atoms with Crippen LogP contribution in [0.1, 0.15) is 86.2 Å². The zero-order valence-electron chi connectivity index (χ0n) is 26.8. The number of phenolic OH excluding ortho intramolecular Hbond substituents is 1. The molecule has 2 aromatic rings. The maximum atomic E-state index is 13.3. The summed E-state index contributed by atoms with van der Waals surface area (Å²) < 4.78 is 4.86. The smallest absolute Gasteiger partial charge is 0.308 e. The summed E-state index contributed by atoms with van der Waals surface area (Å²) in [6, 6.07) is 11.0. The van der Waals surface area contributed by atoms with Crippen molar-refractivity contribution in [1.82, 2.24) is 0 Å². The number of carbonyl (C=O) groups excluding carboxylic acids is 5. The van der Waals surface area contributed by atoms with Crippen molar-refractivity contribution in [3.05, 3.63) is 53.1 Å². The Morgan fingerprint density at radius 2 is 1.63 bits per heavy atom. The Hall–Kier alpha value is -3.69. The normalized spacial score (nSPS) is 20.8. The number of Topliss-reactive ketones (excluding diaryl/α,β-unsaturated/α-hetero) is 4. The molecule has 0 spiro atoms. The summed E-state index contributed by atoms with van der Waals surface area (Å²) in [5.41, 5.74) is 3.54. The first-order chi connectivity index (χ1) is 22.0. The quantitative estimate of drug-likeness (QED) is 0.185. The van der Waals surface area contributed by atoms with Gasteiger partial charge >= 0.3 is 5.97 Å². The van der Waals surface area contributed by atoms with E-state index in [0.717, 1.165) is 42.4 Å². The molecule has 0 saturated heterocycles. The standard InChI is InChI=1S/C37H46O9/c1-22(40)15-34(43)32(21-39)28(13-14-38)16-25-19-31-30(11-12-33(42)36(31)35(44)20-25)26-7-3-23(4-8-26)17-29(41)18-24-5-9-27(10-6-24)37(45)46-2/h3-4,7-8,11-12,24-25,27-28,32,38-39,42H,5-6,9-10,13-21H2,1-2H3. The van der Waals surface area contributed by atoms with Crippen LogP contribution in [0.25, 0.3) is 11.1 Å². The second-order valence-electron chi connectivity index (χ2n) is 13.2. The number of hydrogen-bond donors (Lipinski definition) is 3. The van der Waals surface area contributed by atoms with Crippen LogP contribution in [0.4, 0.5) is 0 Å². The van der Waals surface area contributed by atoms with E-state index < -0.39 is 18.4 Å². The molecule has 248 valence electrons. The van der Waals surface area contributed by atoms with Crippen molar-refractivity contribution in [2.75, 3.05) is 20.3 Å². The van der Waals surface area contributed by atoms with Crippen LogP contribution >= 0.6 is 0 Å². The summed E-state index contributed by atoms with van der Waals surface area (Å²) >= 11 is 0. The van der Waals surface area contributed by atoms with E-state index in [2.05, 4.69) is 0 Å². The molecule has 2 aliphatic rings. The van der Waals surface area contributed by atoms with Crippen LogP contribution in [0, 0.1) is 29.6 Å². The molecule has 0 aliphatic heterocycles. The Morgan fingerprint density at radius 1 is 0.935 bits per heavy atom. The number of ether oxygens (including phenoxy) is 1. The Morgan fingerprint density at radius 3 is 2.24 bits per heavy atom. The Kier molecular flexibility index (Phi) is 12.4. The number of aliphatic hydroxyl groups is 2. The predicted octanol–water partition coefficient (Wildman–Crippen LogP) is 4.83. The Bertz CT molecular complexity index is 1420. The lowest BCUT2D eigenvalue weighted by Gasteiger charge is -2.31. The van der Waals surface area contributed by atoms with E-state index in [-0.39, 0.29) is 78.5 Å². The first-order valence-electron chi connectivity index (χ1n) is 16.3. The SMILES string of the molecule is COC(=O)C1CCC(CC(=O)Cc2ccc(-c3ccc(O)c4c3CC(CC(CCO)C(CO)C(=O)CC(C)=O)CC4=O)cc2)CC1. The largest absolute Gasteiger partial charge is 0.507 e. The number of esters is 1. The van der Waals surface area contributed by atoms with Gasteiger partial charge < -0.3 is 20.1 Å². The van der Waals surface area contributed by atoms with Crippen molar-refractivity contribution in [3.8, 4) is 16.9 Å². The van der Waals surface area contributed by atoms with Gasteiger partial charge in [-0.1, -0.05) is 30.3 Å². The fourth-order valence-corrected chi connectivity index (χ4v) is 7.48. The number of carbonyl (C=O) groups is 5. The van der Waals surface area contributed by atoms with Crippen LogP contribution in [0.3, 0.4) is 0 Å². The van der Waals surface area contributed by atoms with Crippen molar-refractivity contribution < 1.29 is 44.0 Å². The molecule has 1 saturated carbocycles. The third-order valence-electron chi connectivity index (χ3n) is 9.84. The van der Waals surface area contributed by atoms with Crippen LogP contribution in [-0.2, 0) is 36.8 Å². The number of ketones is 4. The van der Waals surface area contributed by atoms with E-state index in [9.17, 15) is 39.3 Å². The van der Waals surface area contributed by atoms with Gasteiger partial charge in [-0.15, -0.1) is 0 Å². The molecule has 2 aliphatic carbocycles. The number of rotatable bonds is 15. The lowest BCUT2D eigenvalue weighted by Crippen LogP contribution is -2.32. The number of fused-ring (bicyclic) bond motifs is 1. The first kappa shape index (κ1) is 35.2. The second kappa shape index (κ2) is 16.2. The van der Waals surface area contributed by atoms with Crippen LogP contribution in [0.15, 0.2) is 36.4 Å². The Balaban J connectivity index is 1.46. The van der Waals surface area contributed by atoms with Crippen molar-refractivity contribution in [1.29, 1.82) is 0 Å². The van der Waals surface area contributed by atoms with Crippen LogP contribution < -0.4 is 0 Å². The Labute approximate surface area is 270 Å². The maximum Gasteiger partial charge on any atom is 0.308 e. The zero-order valence-corrected chi connectivity index (χ0v) is 26.8. The molecule has 2 aromatic carbocycles. The molecule has 3 N–H and O–H groups in total. The molecular formula is C37H46O9. The second-order valence-corrected chi connectivity index (χ2v) is 13.2. The minimum Gasteiger partial charge on any atom is -0.507 e. The highest BCUT2D eigenvalue weighted by Gasteiger charge is 2.35. The molecule has 9 heteroatoms. The summed E-state index contributed by atoms with van der Waals surface area (Å²) in [5, 5.41) is 30.4. The monoisotopic (exact) mass is 634 g/mol. The van der Waals surface area contributed by atoms with E-state index in [1.807, 2.05) is 24.3 Å². The van der Waals surface area contributed by atoms with Gasteiger partial charge in [0, 0.05) is 31.8 Å². The summed E-state index contributed by atoms with van der Waals surface area (Å²) in [5.74, 6) is -2.13. The minimum absolute atomic E-state index is 0.0681. The van der Waals surface area contributed by atoms with Crippen molar-refractivity contribution in [2.45, 2.75) is 77.6 Å². The van der Waals surface area contributed by atoms with E-state index in [4.69, 9.17) is 4.74 Å². The zero-order chi connectivity index (χ0) is 33.4. The lowest BCUT2D eigenvalue weighted by atomic mass is 9.72. The summed E-state index contributed by atoms with van der Waals surface area (Å²) in [6.07, 6.45) is 4.99. The molecule has 0 amide bonds. The molecule has 0 heterocycles. The molecule has 3 unspecified atom stereocenters. The van der Waals surface area contributed by atoms with Gasteiger partial charge in [-0.2, -0.15) is 0 Å². The van der Waals surface area contributed by atoms with Crippen LogP contribution in [0.5, 0.6) is 5.75 Å². The van der Waals surface area contributed by atoms with Crippen molar-refractivity contribution in [2.24, 2.45) is 29.6 Å². The fraction of sp³-hybridized carbons (Fsp3) is 0.541. The van der Waals surface area contributed by atoms with Crippen LogP contribution in [-0.4, -0.2) is 64.7 Å². The van der Waals surface area contributed by atoms with Gasteiger partial charge in [-0.3, -0.25) is 24.0 Å². The highest BCUT2D eigenvalue weighted by molar-refractivity contribution is 6.03. The highest BCUT2D eigenvalue weighted by Crippen LogP contribution is 2.41. The number of methoxy groups -OCH3 is 1. The molecule has 9 nitrogen and oxygen atoms in total. The topological polar surface area (TPSA) is 155 Å². The van der Waals surface area contributed by atoms with E-state index in [1.54, 1.807) is 6.07 Å². The molecule has 0 bridgehead atoms. The number of phenols is 1. The predicted molar refractivity (Wildman–Crippen MR) is 171 cm³/mol. The number of aliphatic hydroxyl groups excluding tert-OH is 2. The van der Waals surface area contributed by atoms with Crippen LogP contribution in [0.2, 0.25) is 0 Å². The van der Waals surface area contributed by atoms with Crippen molar-refractivity contribution in [3.63, 3.8) is 0 Å². The number of aromatic hydroxyl groups is 1. The first-order valence-corrected chi connectivity index (χ1v) is 16.3. The molecule has 4 rings (SSSR count). The summed E-state index contributed by atoms with van der Waals surface area (Å²) in [4.78, 5) is 62.3. The van der Waals surface area contributed by atoms with E-state index in [1.165, 1.54) is 20.1 Å². The van der Waals surface area contributed by atoms with Gasteiger partial charge in [0.1, 0.15) is 23.1 Å². The molecule has 3 atom stereocenters.